The summed E-state index contributed by atoms with van der Waals surface area (Å²) in [6.45, 7) is 14.2. The summed E-state index contributed by atoms with van der Waals surface area (Å²) >= 11 is 0. The average Bonchev–Trinajstić information content (AvgIpc) is 1.79. The fourth-order valence-corrected chi connectivity index (χ4v) is 1.25. The molecule has 1 N–H and O–H groups in total. The molecular formula is C12H23NO. The lowest BCUT2D eigenvalue weighted by Gasteiger charge is -2.27. The topological polar surface area (TPSA) is 29.1 Å². The summed E-state index contributed by atoms with van der Waals surface area (Å²) in [5, 5.41) is 2.91. The van der Waals surface area contributed by atoms with Gasteiger partial charge in [-0.05, 0) is 26.2 Å². The van der Waals surface area contributed by atoms with E-state index in [1.807, 2.05) is 13.8 Å². The number of rotatable bonds is 2. The van der Waals surface area contributed by atoms with Crippen LogP contribution in [0.15, 0.2) is 11.6 Å². The summed E-state index contributed by atoms with van der Waals surface area (Å²) in [6, 6.07) is 0. The number of amides is 1. The first-order valence-electron chi connectivity index (χ1n) is 5.03. The molecule has 0 saturated heterocycles. The summed E-state index contributed by atoms with van der Waals surface area (Å²) in [6.07, 6.45) is 2.12. The van der Waals surface area contributed by atoms with Crippen molar-refractivity contribution in [2.75, 3.05) is 0 Å². The van der Waals surface area contributed by atoms with E-state index < -0.39 is 0 Å². The van der Waals surface area contributed by atoms with Crippen molar-refractivity contribution in [3.63, 3.8) is 0 Å². The molecule has 82 valence electrons. The van der Waals surface area contributed by atoms with Gasteiger partial charge in [-0.2, -0.15) is 0 Å². The van der Waals surface area contributed by atoms with Crippen molar-refractivity contribution in [2.24, 2.45) is 5.41 Å². The molecule has 0 aliphatic rings. The lowest BCUT2D eigenvalue weighted by Crippen LogP contribution is -2.41. The van der Waals surface area contributed by atoms with Gasteiger partial charge in [0.1, 0.15) is 0 Å². The van der Waals surface area contributed by atoms with Gasteiger partial charge in [-0.15, -0.1) is 0 Å². The minimum Gasteiger partial charge on any atom is -0.348 e. The maximum absolute atomic E-state index is 11.0. The minimum atomic E-state index is -0.261. The number of carbonyl (C=O) groups excluding carboxylic acids is 1. The molecule has 2 nitrogen and oxygen atoms in total. The van der Waals surface area contributed by atoms with Gasteiger partial charge in [-0.1, -0.05) is 32.4 Å². The Kier molecular flexibility index (Phi) is 3.92. The molecule has 0 heterocycles. The zero-order chi connectivity index (χ0) is 11.6. The molecule has 0 aromatic rings. The van der Waals surface area contributed by atoms with E-state index in [-0.39, 0.29) is 16.9 Å². The molecule has 0 radical (unpaired) electrons. The van der Waals surface area contributed by atoms with E-state index in [4.69, 9.17) is 0 Å². The molecule has 0 atom stereocenters. The molecule has 0 aliphatic heterocycles. The van der Waals surface area contributed by atoms with Crippen LogP contribution in [0, 0.1) is 5.41 Å². The Labute approximate surface area is 87.8 Å². The van der Waals surface area contributed by atoms with Crippen molar-refractivity contribution >= 4 is 5.91 Å². The van der Waals surface area contributed by atoms with Gasteiger partial charge < -0.3 is 5.32 Å². The molecule has 0 saturated carbocycles. The Balaban J connectivity index is 4.70. The van der Waals surface area contributed by atoms with Crippen LogP contribution < -0.4 is 5.32 Å². The van der Waals surface area contributed by atoms with Gasteiger partial charge in [0, 0.05) is 6.92 Å². The summed E-state index contributed by atoms with van der Waals surface area (Å²) in [5.74, 6) is 0.00737. The Hall–Kier alpha value is -0.790. The maximum atomic E-state index is 11.0. The van der Waals surface area contributed by atoms with Crippen molar-refractivity contribution in [3.8, 4) is 0 Å². The fourth-order valence-electron chi connectivity index (χ4n) is 1.25. The third-order valence-electron chi connectivity index (χ3n) is 2.26. The van der Waals surface area contributed by atoms with E-state index in [2.05, 4.69) is 39.1 Å². The molecule has 14 heavy (non-hydrogen) atoms. The summed E-state index contributed by atoms with van der Waals surface area (Å²) in [4.78, 5) is 11.0. The van der Waals surface area contributed by atoms with Crippen LogP contribution in [0.3, 0.4) is 0 Å². The highest BCUT2D eigenvalue weighted by atomic mass is 16.1. The van der Waals surface area contributed by atoms with Crippen molar-refractivity contribution in [2.45, 2.75) is 54.0 Å². The standard InChI is InChI=1S/C12H23NO/c1-9(11(3,4)5)8-12(6,7)13-10(2)14/h8H,1-7H3,(H,13,14). The van der Waals surface area contributed by atoms with Crippen molar-refractivity contribution < 1.29 is 4.79 Å². The summed E-state index contributed by atoms with van der Waals surface area (Å²) < 4.78 is 0. The van der Waals surface area contributed by atoms with Crippen LogP contribution in [0.2, 0.25) is 0 Å². The second-order valence-corrected chi connectivity index (χ2v) is 5.48. The van der Waals surface area contributed by atoms with Crippen LogP contribution in [-0.2, 0) is 4.79 Å². The lowest BCUT2D eigenvalue weighted by molar-refractivity contribution is -0.120. The van der Waals surface area contributed by atoms with E-state index in [9.17, 15) is 4.79 Å². The van der Waals surface area contributed by atoms with Crippen LogP contribution >= 0.6 is 0 Å². The number of nitrogens with one attached hydrogen (secondary N) is 1. The first-order valence-corrected chi connectivity index (χ1v) is 5.03. The van der Waals surface area contributed by atoms with Gasteiger partial charge in [0.2, 0.25) is 5.91 Å². The Bertz CT molecular complexity index is 244. The van der Waals surface area contributed by atoms with E-state index in [0.29, 0.717) is 0 Å². The molecule has 0 fully saturated rings. The van der Waals surface area contributed by atoms with E-state index in [0.717, 1.165) is 0 Å². The molecular weight excluding hydrogens is 174 g/mol. The second kappa shape index (κ2) is 4.16. The highest BCUT2D eigenvalue weighted by Crippen LogP contribution is 2.26. The van der Waals surface area contributed by atoms with Crippen molar-refractivity contribution in [3.05, 3.63) is 11.6 Å². The Morgan fingerprint density at radius 2 is 1.50 bits per heavy atom. The average molecular weight is 197 g/mol. The monoisotopic (exact) mass is 197 g/mol. The minimum absolute atomic E-state index is 0.00737. The zero-order valence-electron chi connectivity index (χ0n) is 10.5. The molecule has 0 bridgehead atoms. The highest BCUT2D eigenvalue weighted by Gasteiger charge is 2.20. The normalized spacial score (nSPS) is 14.1. The molecule has 0 aliphatic carbocycles. The van der Waals surface area contributed by atoms with Gasteiger partial charge >= 0.3 is 0 Å². The molecule has 0 unspecified atom stereocenters. The molecule has 0 aromatic heterocycles. The van der Waals surface area contributed by atoms with Crippen molar-refractivity contribution in [1.29, 1.82) is 0 Å². The van der Waals surface area contributed by atoms with E-state index >= 15 is 0 Å². The largest absolute Gasteiger partial charge is 0.348 e. The van der Waals surface area contributed by atoms with Gasteiger partial charge in [0.15, 0.2) is 0 Å². The summed E-state index contributed by atoms with van der Waals surface area (Å²) in [7, 11) is 0. The third-order valence-corrected chi connectivity index (χ3v) is 2.26. The molecule has 0 spiro atoms. The van der Waals surface area contributed by atoms with Gasteiger partial charge in [0.05, 0.1) is 5.54 Å². The van der Waals surface area contributed by atoms with E-state index in [1.54, 1.807) is 6.92 Å². The predicted molar refractivity (Wildman–Crippen MR) is 61.1 cm³/mol. The van der Waals surface area contributed by atoms with Crippen LogP contribution in [-0.4, -0.2) is 11.4 Å². The lowest BCUT2D eigenvalue weighted by atomic mass is 9.84. The predicted octanol–water partition coefficient (Wildman–Crippen LogP) is 2.89. The van der Waals surface area contributed by atoms with Crippen molar-refractivity contribution in [1.82, 2.24) is 5.32 Å². The second-order valence-electron chi connectivity index (χ2n) is 5.48. The SMILES string of the molecule is CC(=O)NC(C)(C)C=C(C)C(C)(C)C. The highest BCUT2D eigenvalue weighted by molar-refractivity contribution is 5.74. The van der Waals surface area contributed by atoms with Gasteiger partial charge in [-0.3, -0.25) is 4.79 Å². The zero-order valence-corrected chi connectivity index (χ0v) is 10.5. The molecule has 0 aromatic carbocycles. The smallest absolute Gasteiger partial charge is 0.217 e. The molecule has 1 amide bonds. The van der Waals surface area contributed by atoms with Crippen LogP contribution in [0.1, 0.15) is 48.5 Å². The van der Waals surface area contributed by atoms with Crippen LogP contribution in [0.25, 0.3) is 0 Å². The summed E-state index contributed by atoms with van der Waals surface area (Å²) in [5.41, 5.74) is 1.19. The number of carbonyl (C=O) groups is 1. The van der Waals surface area contributed by atoms with Crippen LogP contribution in [0.4, 0.5) is 0 Å². The Morgan fingerprint density at radius 3 is 1.79 bits per heavy atom. The fraction of sp³-hybridized carbons (Fsp3) is 0.750. The number of hydrogen-bond acceptors (Lipinski definition) is 1. The van der Waals surface area contributed by atoms with E-state index in [1.165, 1.54) is 5.57 Å². The number of allylic oxidation sites excluding steroid dienone is 1. The maximum Gasteiger partial charge on any atom is 0.217 e. The third kappa shape index (κ3) is 5.05. The number of hydrogen-bond donors (Lipinski definition) is 1. The Morgan fingerprint density at radius 1 is 1.07 bits per heavy atom. The first-order chi connectivity index (χ1) is 6.04. The molecule has 2 heteroatoms. The molecule has 0 rings (SSSR count). The first kappa shape index (κ1) is 13.2. The van der Waals surface area contributed by atoms with Crippen LogP contribution in [0.5, 0.6) is 0 Å². The quantitative estimate of drug-likeness (QED) is 0.678. The van der Waals surface area contributed by atoms with Gasteiger partial charge in [0.25, 0.3) is 0 Å². The van der Waals surface area contributed by atoms with Gasteiger partial charge in [-0.25, -0.2) is 0 Å².